The topological polar surface area (TPSA) is 46.9 Å². The Hall–Kier alpha value is -0.490. The van der Waals surface area contributed by atoms with E-state index in [1.807, 2.05) is 11.8 Å². The summed E-state index contributed by atoms with van der Waals surface area (Å²) in [6.07, 6.45) is 7.99. The van der Waals surface area contributed by atoms with Crippen molar-refractivity contribution >= 4 is 33.4 Å². The Labute approximate surface area is 138 Å². The number of thioether (sulfide) groups is 1. The molecule has 1 saturated carbocycles. The zero-order chi connectivity index (χ0) is 14.7. The van der Waals surface area contributed by atoms with E-state index in [0.717, 1.165) is 17.6 Å². The molecule has 2 aliphatic rings. The molecule has 1 saturated heterocycles. The Kier molecular flexibility index (Phi) is 5.27. The molecular formula is C15H22BrN3OS. The third-order valence-corrected chi connectivity index (χ3v) is 6.21. The van der Waals surface area contributed by atoms with Crippen LogP contribution in [0.4, 0.5) is 5.69 Å². The maximum atomic E-state index is 12.5. The van der Waals surface area contributed by atoms with Crippen LogP contribution in [-0.4, -0.2) is 27.8 Å². The minimum absolute atomic E-state index is 0.0152. The fourth-order valence-corrected chi connectivity index (χ4v) is 4.48. The minimum Gasteiger partial charge on any atom is -0.379 e. The van der Waals surface area contributed by atoms with Gasteiger partial charge < -0.3 is 5.32 Å². The number of nitrogens with one attached hydrogen (secondary N) is 1. The first kappa shape index (κ1) is 15.4. The monoisotopic (exact) mass is 371 g/mol. The van der Waals surface area contributed by atoms with E-state index >= 15 is 0 Å². The van der Waals surface area contributed by atoms with Gasteiger partial charge in [0.15, 0.2) is 0 Å². The molecule has 0 bridgehead atoms. The lowest BCUT2D eigenvalue weighted by molar-refractivity contribution is 0.262. The van der Waals surface area contributed by atoms with Crippen molar-refractivity contribution < 1.29 is 0 Å². The van der Waals surface area contributed by atoms with Gasteiger partial charge in [-0.1, -0.05) is 6.42 Å². The Morgan fingerprint density at radius 1 is 1.29 bits per heavy atom. The van der Waals surface area contributed by atoms with Crippen molar-refractivity contribution in [3.05, 3.63) is 21.0 Å². The van der Waals surface area contributed by atoms with Gasteiger partial charge in [0.1, 0.15) is 5.69 Å². The molecule has 0 aromatic carbocycles. The predicted molar refractivity (Wildman–Crippen MR) is 92.1 cm³/mol. The van der Waals surface area contributed by atoms with Crippen LogP contribution in [0.25, 0.3) is 0 Å². The Bertz CT molecular complexity index is 538. The van der Waals surface area contributed by atoms with Crippen LogP contribution in [0.1, 0.15) is 32.1 Å². The largest absolute Gasteiger partial charge is 0.379 e. The molecule has 4 nitrogen and oxygen atoms in total. The van der Waals surface area contributed by atoms with E-state index in [4.69, 9.17) is 0 Å². The molecule has 21 heavy (non-hydrogen) atoms. The second-order valence-corrected chi connectivity index (χ2v) is 8.17. The molecule has 0 atom stereocenters. The zero-order valence-corrected chi connectivity index (χ0v) is 14.6. The van der Waals surface area contributed by atoms with Gasteiger partial charge in [-0.3, -0.25) is 4.79 Å². The highest BCUT2D eigenvalue weighted by Gasteiger charge is 2.20. The number of aromatic nitrogens is 2. The molecule has 1 aliphatic carbocycles. The molecule has 6 heteroatoms. The molecule has 0 spiro atoms. The van der Waals surface area contributed by atoms with Gasteiger partial charge in [0, 0.05) is 13.1 Å². The predicted octanol–water partition coefficient (Wildman–Crippen LogP) is 3.36. The van der Waals surface area contributed by atoms with Crippen molar-refractivity contribution in [2.24, 2.45) is 11.8 Å². The lowest BCUT2D eigenvalue weighted by Gasteiger charge is -2.26. The lowest BCUT2D eigenvalue weighted by Crippen LogP contribution is -2.32. The van der Waals surface area contributed by atoms with E-state index in [1.54, 1.807) is 10.9 Å². The van der Waals surface area contributed by atoms with E-state index in [0.29, 0.717) is 17.5 Å². The van der Waals surface area contributed by atoms with Crippen LogP contribution in [0.5, 0.6) is 0 Å². The highest BCUT2D eigenvalue weighted by molar-refractivity contribution is 9.10. The van der Waals surface area contributed by atoms with Gasteiger partial charge >= 0.3 is 0 Å². The Balaban J connectivity index is 1.67. The summed E-state index contributed by atoms with van der Waals surface area (Å²) in [6.45, 7) is 1.66. The summed E-state index contributed by atoms with van der Waals surface area (Å²) in [5, 5.41) is 7.64. The number of hydrogen-bond acceptors (Lipinski definition) is 4. The first-order chi connectivity index (χ1) is 10.2. The van der Waals surface area contributed by atoms with E-state index in [2.05, 4.69) is 26.3 Å². The molecule has 1 aromatic rings. The highest BCUT2D eigenvalue weighted by Crippen LogP contribution is 2.28. The van der Waals surface area contributed by atoms with Crippen molar-refractivity contribution in [3.63, 3.8) is 0 Å². The van der Waals surface area contributed by atoms with Crippen LogP contribution in [0.15, 0.2) is 15.5 Å². The maximum absolute atomic E-state index is 12.5. The van der Waals surface area contributed by atoms with Crippen molar-refractivity contribution in [3.8, 4) is 0 Å². The Morgan fingerprint density at radius 3 is 2.71 bits per heavy atom. The van der Waals surface area contributed by atoms with Gasteiger partial charge in [-0.25, -0.2) is 4.68 Å². The number of nitrogens with zero attached hydrogens (tertiary/aromatic N) is 2. The summed E-state index contributed by atoms with van der Waals surface area (Å²) in [6, 6.07) is 0. The van der Waals surface area contributed by atoms with E-state index in [9.17, 15) is 4.79 Å². The van der Waals surface area contributed by atoms with E-state index in [1.165, 1.54) is 43.6 Å². The molecule has 0 unspecified atom stereocenters. The van der Waals surface area contributed by atoms with Crippen LogP contribution >= 0.6 is 27.7 Å². The first-order valence-corrected chi connectivity index (χ1v) is 9.76. The number of halogens is 1. The van der Waals surface area contributed by atoms with Gasteiger partial charge in [0.05, 0.1) is 10.7 Å². The number of rotatable bonds is 5. The van der Waals surface area contributed by atoms with Crippen LogP contribution in [0.2, 0.25) is 0 Å². The molecule has 2 fully saturated rings. The lowest BCUT2D eigenvalue weighted by atomic mass is 9.85. The summed E-state index contributed by atoms with van der Waals surface area (Å²) >= 11 is 5.49. The normalized spacial score (nSPS) is 20.2. The third-order valence-electron chi connectivity index (χ3n) is 4.56. The quantitative estimate of drug-likeness (QED) is 0.861. The number of hydrogen-bond donors (Lipinski definition) is 1. The summed E-state index contributed by atoms with van der Waals surface area (Å²) < 4.78 is 2.41. The van der Waals surface area contributed by atoms with Gasteiger partial charge in [0.25, 0.3) is 5.56 Å². The second-order valence-electron chi connectivity index (χ2n) is 6.09. The van der Waals surface area contributed by atoms with Crippen molar-refractivity contribution in [1.29, 1.82) is 0 Å². The van der Waals surface area contributed by atoms with Crippen LogP contribution in [0.3, 0.4) is 0 Å². The fourth-order valence-electron chi connectivity index (χ4n) is 2.88. The average molecular weight is 372 g/mol. The van der Waals surface area contributed by atoms with Crippen molar-refractivity contribution in [2.45, 2.75) is 38.6 Å². The first-order valence-electron chi connectivity index (χ1n) is 7.81. The van der Waals surface area contributed by atoms with Gasteiger partial charge in [-0.05, 0) is 65.0 Å². The van der Waals surface area contributed by atoms with Crippen LogP contribution in [-0.2, 0) is 6.54 Å². The molecule has 3 rings (SSSR count). The van der Waals surface area contributed by atoms with Gasteiger partial charge in [-0.2, -0.15) is 16.9 Å². The minimum atomic E-state index is 0.0152. The Morgan fingerprint density at radius 2 is 2.05 bits per heavy atom. The average Bonchev–Trinajstić information content (AvgIpc) is 2.45. The summed E-state index contributed by atoms with van der Waals surface area (Å²) in [5.74, 6) is 3.82. The molecule has 2 heterocycles. The summed E-state index contributed by atoms with van der Waals surface area (Å²) in [7, 11) is 0. The third kappa shape index (κ3) is 3.83. The molecular weight excluding hydrogens is 350 g/mol. The fraction of sp³-hybridized carbons (Fsp3) is 0.733. The van der Waals surface area contributed by atoms with Gasteiger partial charge in [-0.15, -0.1) is 0 Å². The molecule has 1 aliphatic heterocycles. The van der Waals surface area contributed by atoms with Gasteiger partial charge in [0.2, 0.25) is 0 Å². The van der Waals surface area contributed by atoms with Crippen molar-refractivity contribution in [2.75, 3.05) is 23.4 Å². The molecule has 1 aromatic heterocycles. The molecule has 116 valence electrons. The summed E-state index contributed by atoms with van der Waals surface area (Å²) in [4.78, 5) is 12.5. The van der Waals surface area contributed by atoms with Crippen molar-refractivity contribution in [1.82, 2.24) is 9.78 Å². The smallest absolute Gasteiger partial charge is 0.291 e. The van der Waals surface area contributed by atoms with E-state index < -0.39 is 0 Å². The SMILES string of the molecule is O=c1c(NCC2CCSCC2)c(Br)cnn1CC1CCC1. The highest BCUT2D eigenvalue weighted by atomic mass is 79.9. The zero-order valence-electron chi connectivity index (χ0n) is 12.2. The summed E-state index contributed by atoms with van der Waals surface area (Å²) in [5.41, 5.74) is 0.698. The molecule has 0 amide bonds. The second kappa shape index (κ2) is 7.18. The molecule has 0 radical (unpaired) electrons. The van der Waals surface area contributed by atoms with Crippen LogP contribution < -0.4 is 10.9 Å². The standard InChI is InChI=1S/C15H22BrN3OS/c16-13-9-18-19(10-12-2-1-3-12)15(20)14(13)17-8-11-4-6-21-7-5-11/h9,11-12,17H,1-8,10H2. The maximum Gasteiger partial charge on any atom is 0.291 e. The van der Waals surface area contributed by atoms with Crippen LogP contribution in [0, 0.1) is 11.8 Å². The molecule has 1 N–H and O–H groups in total. The number of anilines is 1. The van der Waals surface area contributed by atoms with E-state index in [-0.39, 0.29) is 5.56 Å².